The van der Waals surface area contributed by atoms with Crippen molar-refractivity contribution in [1.82, 2.24) is 4.90 Å². The zero-order valence-electron chi connectivity index (χ0n) is 18.0. The van der Waals surface area contributed by atoms with Crippen LogP contribution < -0.4 is 10.1 Å². The van der Waals surface area contributed by atoms with Crippen molar-refractivity contribution in [2.75, 3.05) is 11.9 Å². The SMILES string of the molecule is O=C(CN1C(=O)S/C(=C\c2ccc(OCc3ccc(Cl)cc3Cl)cc2)C1=O)Nc1ccc(I)cc1. The molecule has 0 aromatic heterocycles. The number of ether oxygens (including phenoxy) is 1. The molecule has 0 radical (unpaired) electrons. The Morgan fingerprint density at radius 1 is 1.03 bits per heavy atom. The molecule has 0 saturated carbocycles. The van der Waals surface area contributed by atoms with Crippen molar-refractivity contribution < 1.29 is 19.1 Å². The molecule has 0 bridgehead atoms. The number of halogens is 3. The van der Waals surface area contributed by atoms with Crippen LogP contribution in [0.3, 0.4) is 0 Å². The van der Waals surface area contributed by atoms with Gasteiger partial charge in [-0.3, -0.25) is 19.3 Å². The number of carbonyl (C=O) groups is 3. The van der Waals surface area contributed by atoms with E-state index in [0.29, 0.717) is 21.5 Å². The smallest absolute Gasteiger partial charge is 0.294 e. The predicted molar refractivity (Wildman–Crippen MR) is 148 cm³/mol. The van der Waals surface area contributed by atoms with E-state index in [9.17, 15) is 14.4 Å². The highest BCUT2D eigenvalue weighted by molar-refractivity contribution is 14.1. The Morgan fingerprint density at radius 3 is 2.43 bits per heavy atom. The highest BCUT2D eigenvalue weighted by Gasteiger charge is 2.36. The van der Waals surface area contributed by atoms with Gasteiger partial charge in [0.15, 0.2) is 0 Å². The molecular weight excluding hydrogens is 622 g/mol. The quantitative estimate of drug-likeness (QED) is 0.226. The van der Waals surface area contributed by atoms with E-state index in [4.69, 9.17) is 27.9 Å². The summed E-state index contributed by atoms with van der Waals surface area (Å²) < 4.78 is 6.79. The summed E-state index contributed by atoms with van der Waals surface area (Å²) in [6.07, 6.45) is 1.61. The molecule has 4 rings (SSSR count). The van der Waals surface area contributed by atoms with Crippen LogP contribution in [0.1, 0.15) is 11.1 Å². The molecule has 178 valence electrons. The van der Waals surface area contributed by atoms with Gasteiger partial charge in [-0.05, 0) is 94.5 Å². The second kappa shape index (κ2) is 11.5. The summed E-state index contributed by atoms with van der Waals surface area (Å²) in [5, 5.41) is 3.28. The number of nitrogens with zero attached hydrogens (tertiary/aromatic N) is 1. The van der Waals surface area contributed by atoms with Crippen LogP contribution in [0.25, 0.3) is 6.08 Å². The second-order valence-corrected chi connectivity index (χ2v) is 10.5. The van der Waals surface area contributed by atoms with Gasteiger partial charge in [-0.25, -0.2) is 0 Å². The Labute approximate surface area is 229 Å². The first-order chi connectivity index (χ1) is 16.8. The van der Waals surface area contributed by atoms with Crippen molar-refractivity contribution in [3.63, 3.8) is 0 Å². The Balaban J connectivity index is 1.35. The van der Waals surface area contributed by atoms with Gasteiger partial charge in [-0.15, -0.1) is 0 Å². The Bertz CT molecular complexity index is 1310. The third-order valence-electron chi connectivity index (χ3n) is 4.89. The van der Waals surface area contributed by atoms with E-state index in [1.165, 1.54) is 0 Å². The number of hydrogen-bond acceptors (Lipinski definition) is 5. The lowest BCUT2D eigenvalue weighted by atomic mass is 10.2. The molecule has 35 heavy (non-hydrogen) atoms. The molecule has 1 aliphatic heterocycles. The Hall–Kier alpha value is -2.53. The van der Waals surface area contributed by atoms with E-state index in [1.807, 2.05) is 12.1 Å². The largest absolute Gasteiger partial charge is 0.489 e. The van der Waals surface area contributed by atoms with Gasteiger partial charge in [-0.2, -0.15) is 0 Å². The first-order valence-electron chi connectivity index (χ1n) is 10.3. The van der Waals surface area contributed by atoms with Crippen LogP contribution in [0.5, 0.6) is 5.75 Å². The molecule has 3 aromatic carbocycles. The van der Waals surface area contributed by atoms with Crippen LogP contribution in [-0.2, 0) is 16.2 Å². The molecule has 10 heteroatoms. The van der Waals surface area contributed by atoms with Gasteiger partial charge in [0.05, 0.1) is 4.91 Å². The molecule has 1 N–H and O–H groups in total. The molecule has 0 aliphatic carbocycles. The number of nitrogens with one attached hydrogen (secondary N) is 1. The summed E-state index contributed by atoms with van der Waals surface area (Å²) in [5.74, 6) is -0.332. The summed E-state index contributed by atoms with van der Waals surface area (Å²) in [5.41, 5.74) is 2.12. The van der Waals surface area contributed by atoms with E-state index < -0.39 is 17.1 Å². The van der Waals surface area contributed by atoms with Crippen LogP contribution >= 0.6 is 57.6 Å². The van der Waals surface area contributed by atoms with E-state index in [-0.39, 0.29) is 18.1 Å². The van der Waals surface area contributed by atoms with E-state index in [2.05, 4.69) is 27.9 Å². The van der Waals surface area contributed by atoms with Crippen LogP contribution in [0, 0.1) is 3.57 Å². The lowest BCUT2D eigenvalue weighted by Gasteiger charge is -2.12. The van der Waals surface area contributed by atoms with Gasteiger partial charge >= 0.3 is 0 Å². The maximum Gasteiger partial charge on any atom is 0.294 e. The molecular formula is C25H17Cl2IN2O4S. The van der Waals surface area contributed by atoms with E-state index in [0.717, 1.165) is 31.4 Å². The first-order valence-corrected chi connectivity index (χ1v) is 12.9. The molecule has 1 saturated heterocycles. The van der Waals surface area contributed by atoms with Crippen molar-refractivity contribution in [1.29, 1.82) is 0 Å². The number of carbonyl (C=O) groups excluding carboxylic acids is 3. The van der Waals surface area contributed by atoms with E-state index in [1.54, 1.807) is 60.7 Å². The van der Waals surface area contributed by atoms with Crippen molar-refractivity contribution in [2.24, 2.45) is 0 Å². The highest BCUT2D eigenvalue weighted by atomic mass is 127. The summed E-state index contributed by atoms with van der Waals surface area (Å²) in [4.78, 5) is 38.6. The molecule has 1 heterocycles. The lowest BCUT2D eigenvalue weighted by Crippen LogP contribution is -2.36. The number of thioether (sulfide) groups is 1. The maximum atomic E-state index is 12.7. The van der Waals surface area contributed by atoms with Gasteiger partial charge in [-0.1, -0.05) is 41.4 Å². The van der Waals surface area contributed by atoms with Gasteiger partial charge < -0.3 is 10.1 Å². The van der Waals surface area contributed by atoms with Crippen LogP contribution in [0.2, 0.25) is 10.0 Å². The molecule has 6 nitrogen and oxygen atoms in total. The first kappa shape index (κ1) is 25.6. The van der Waals surface area contributed by atoms with Gasteiger partial charge in [0.2, 0.25) is 5.91 Å². The number of rotatable bonds is 7. The number of benzene rings is 3. The van der Waals surface area contributed by atoms with Crippen LogP contribution in [-0.4, -0.2) is 28.5 Å². The fourth-order valence-electron chi connectivity index (χ4n) is 3.13. The molecule has 0 atom stereocenters. The number of anilines is 1. The van der Waals surface area contributed by atoms with E-state index >= 15 is 0 Å². The highest BCUT2D eigenvalue weighted by Crippen LogP contribution is 2.32. The minimum Gasteiger partial charge on any atom is -0.489 e. The van der Waals surface area contributed by atoms with Crippen molar-refractivity contribution in [3.8, 4) is 5.75 Å². The lowest BCUT2D eigenvalue weighted by molar-refractivity contribution is -0.127. The van der Waals surface area contributed by atoms with Crippen LogP contribution in [0.4, 0.5) is 10.5 Å². The fraction of sp³-hybridized carbons (Fsp3) is 0.0800. The minimum atomic E-state index is -0.504. The molecule has 1 fully saturated rings. The van der Waals surface area contributed by atoms with Crippen LogP contribution in [0.15, 0.2) is 71.6 Å². The third-order valence-corrected chi connectivity index (χ3v) is 7.10. The Kier molecular flexibility index (Phi) is 8.38. The number of amides is 3. The van der Waals surface area contributed by atoms with Gasteiger partial charge in [0.25, 0.3) is 11.1 Å². The normalized spacial score (nSPS) is 14.5. The fourth-order valence-corrected chi connectivity index (χ4v) is 4.79. The molecule has 3 amide bonds. The minimum absolute atomic E-state index is 0.249. The maximum absolute atomic E-state index is 12.7. The number of imide groups is 1. The van der Waals surface area contributed by atoms with Gasteiger partial charge in [0.1, 0.15) is 18.9 Å². The Morgan fingerprint density at radius 2 is 1.74 bits per heavy atom. The average Bonchev–Trinajstić information content (AvgIpc) is 3.08. The summed E-state index contributed by atoms with van der Waals surface area (Å²) in [7, 11) is 0. The molecule has 1 aliphatic rings. The predicted octanol–water partition coefficient (Wildman–Crippen LogP) is 6.85. The van der Waals surface area contributed by atoms with Gasteiger partial charge in [0, 0.05) is 24.9 Å². The summed E-state index contributed by atoms with van der Waals surface area (Å²) in [6.45, 7) is -0.0768. The summed E-state index contributed by atoms with van der Waals surface area (Å²) in [6, 6.07) is 19.5. The second-order valence-electron chi connectivity index (χ2n) is 7.42. The monoisotopic (exact) mass is 638 g/mol. The zero-order chi connectivity index (χ0) is 24.9. The standard InChI is InChI=1S/C25H17Cl2IN2O4S/c26-17-4-3-16(21(27)12-17)14-34-20-9-1-15(2-10-20)11-22-24(32)30(25(33)35-22)13-23(31)29-19-7-5-18(28)6-8-19/h1-12H,13-14H2,(H,29,31)/b22-11-. The van der Waals surface area contributed by atoms with Crippen molar-refractivity contribution in [3.05, 3.63) is 96.4 Å². The van der Waals surface area contributed by atoms with Crippen molar-refractivity contribution in [2.45, 2.75) is 6.61 Å². The van der Waals surface area contributed by atoms with Crippen molar-refractivity contribution >= 4 is 86.4 Å². The third kappa shape index (κ3) is 6.78. The molecule has 0 spiro atoms. The molecule has 0 unspecified atom stereocenters. The molecule has 3 aromatic rings. The topological polar surface area (TPSA) is 75.7 Å². The average molecular weight is 639 g/mol. The summed E-state index contributed by atoms with van der Waals surface area (Å²) >= 11 is 15.0. The number of hydrogen-bond donors (Lipinski definition) is 1. The zero-order valence-corrected chi connectivity index (χ0v) is 22.5.